The molecule has 1 aromatic carbocycles. The van der Waals surface area contributed by atoms with Gasteiger partial charge in [-0.3, -0.25) is 0 Å². The summed E-state index contributed by atoms with van der Waals surface area (Å²) < 4.78 is 5.72. The van der Waals surface area contributed by atoms with Crippen LogP contribution in [0, 0.1) is 13.8 Å². The van der Waals surface area contributed by atoms with Crippen molar-refractivity contribution in [3.63, 3.8) is 0 Å². The van der Waals surface area contributed by atoms with Crippen LogP contribution in [0.25, 0.3) is 11.3 Å². The minimum atomic E-state index is 0.413. The lowest BCUT2D eigenvalue weighted by Gasteiger charge is -2.08. The van der Waals surface area contributed by atoms with E-state index in [9.17, 15) is 0 Å². The summed E-state index contributed by atoms with van der Waals surface area (Å²) in [5.74, 6) is 0.902. The Morgan fingerprint density at radius 1 is 1.05 bits per heavy atom. The fourth-order valence-electron chi connectivity index (χ4n) is 1.83. The second-order valence-corrected chi connectivity index (χ2v) is 5.23. The first-order valence-corrected chi connectivity index (χ1v) is 6.79. The molecule has 0 N–H and O–H groups in total. The Morgan fingerprint density at radius 2 is 1.68 bits per heavy atom. The number of hydrogen-bond donors (Lipinski definition) is 0. The van der Waals surface area contributed by atoms with E-state index in [1.807, 2.05) is 38.1 Å². The zero-order valence-corrected chi connectivity index (χ0v) is 11.7. The smallest absolute Gasteiger partial charge is 0.155 e. The number of benzene rings is 1. The van der Waals surface area contributed by atoms with Crippen molar-refractivity contribution in [1.29, 1.82) is 0 Å². The standard InChI is InChI=1S/C15H15ClN2O/c1-9-10(2)18-15(16)14(17-9)11-3-5-12(6-4-11)19-13-7-8-13/h3-6,13H,7-8H2,1-2H3. The van der Waals surface area contributed by atoms with E-state index in [1.54, 1.807) is 0 Å². The van der Waals surface area contributed by atoms with Crippen LogP contribution in [-0.2, 0) is 0 Å². The summed E-state index contributed by atoms with van der Waals surface area (Å²) >= 11 is 6.17. The summed E-state index contributed by atoms with van der Waals surface area (Å²) in [5, 5.41) is 0.443. The highest BCUT2D eigenvalue weighted by atomic mass is 35.5. The van der Waals surface area contributed by atoms with E-state index in [0.717, 1.165) is 41.2 Å². The van der Waals surface area contributed by atoms with Gasteiger partial charge in [-0.2, -0.15) is 0 Å². The van der Waals surface area contributed by atoms with Gasteiger partial charge in [-0.1, -0.05) is 11.6 Å². The minimum Gasteiger partial charge on any atom is -0.490 e. The lowest BCUT2D eigenvalue weighted by Crippen LogP contribution is -1.97. The van der Waals surface area contributed by atoms with Crippen LogP contribution >= 0.6 is 11.6 Å². The first-order valence-electron chi connectivity index (χ1n) is 6.41. The molecule has 0 spiro atoms. The molecule has 0 atom stereocenters. The third-order valence-corrected chi connectivity index (χ3v) is 3.48. The molecule has 3 rings (SSSR count). The van der Waals surface area contributed by atoms with Gasteiger partial charge in [0.25, 0.3) is 0 Å². The van der Waals surface area contributed by atoms with Gasteiger partial charge in [-0.15, -0.1) is 0 Å². The Kier molecular flexibility index (Phi) is 3.15. The maximum Gasteiger partial charge on any atom is 0.155 e. The molecule has 1 heterocycles. The highest BCUT2D eigenvalue weighted by Gasteiger charge is 2.23. The second-order valence-electron chi connectivity index (χ2n) is 4.88. The van der Waals surface area contributed by atoms with E-state index in [2.05, 4.69) is 9.97 Å². The molecular weight excluding hydrogens is 260 g/mol. The molecule has 0 aliphatic heterocycles. The SMILES string of the molecule is Cc1nc(Cl)c(-c2ccc(OC3CC3)cc2)nc1C. The molecular formula is C15H15ClN2O. The molecule has 1 aliphatic carbocycles. The summed E-state index contributed by atoms with van der Waals surface area (Å²) in [4.78, 5) is 8.81. The van der Waals surface area contributed by atoms with Crippen molar-refractivity contribution < 1.29 is 4.74 Å². The normalized spacial score (nSPS) is 14.5. The fraction of sp³-hybridized carbons (Fsp3) is 0.333. The van der Waals surface area contributed by atoms with Crippen molar-refractivity contribution in [1.82, 2.24) is 9.97 Å². The maximum absolute atomic E-state index is 6.17. The van der Waals surface area contributed by atoms with E-state index in [0.29, 0.717) is 11.3 Å². The van der Waals surface area contributed by atoms with E-state index < -0.39 is 0 Å². The Labute approximate surface area is 117 Å². The van der Waals surface area contributed by atoms with Gasteiger partial charge in [0.15, 0.2) is 5.15 Å². The van der Waals surface area contributed by atoms with Crippen LogP contribution in [0.2, 0.25) is 5.15 Å². The number of aromatic nitrogens is 2. The molecule has 3 nitrogen and oxygen atoms in total. The zero-order chi connectivity index (χ0) is 13.4. The largest absolute Gasteiger partial charge is 0.490 e. The number of aryl methyl sites for hydroxylation is 2. The number of halogens is 1. The molecule has 0 saturated heterocycles. The van der Waals surface area contributed by atoms with Gasteiger partial charge < -0.3 is 4.74 Å². The predicted molar refractivity (Wildman–Crippen MR) is 75.6 cm³/mol. The van der Waals surface area contributed by atoms with Gasteiger partial charge in [0, 0.05) is 5.56 Å². The Morgan fingerprint density at radius 3 is 2.32 bits per heavy atom. The maximum atomic E-state index is 6.17. The van der Waals surface area contributed by atoms with E-state index in [1.165, 1.54) is 0 Å². The Hall–Kier alpha value is -1.61. The van der Waals surface area contributed by atoms with Gasteiger partial charge in [0.2, 0.25) is 0 Å². The number of hydrogen-bond acceptors (Lipinski definition) is 3. The molecule has 0 amide bonds. The number of rotatable bonds is 3. The van der Waals surface area contributed by atoms with Crippen molar-refractivity contribution in [2.45, 2.75) is 32.8 Å². The van der Waals surface area contributed by atoms with Crippen LogP contribution in [-0.4, -0.2) is 16.1 Å². The molecule has 1 aromatic heterocycles. The van der Waals surface area contributed by atoms with E-state index in [4.69, 9.17) is 16.3 Å². The first-order chi connectivity index (χ1) is 9.13. The third kappa shape index (κ3) is 2.71. The van der Waals surface area contributed by atoms with Gasteiger partial charge >= 0.3 is 0 Å². The molecule has 2 aromatic rings. The monoisotopic (exact) mass is 274 g/mol. The molecule has 0 radical (unpaired) electrons. The Bertz CT molecular complexity index is 606. The highest BCUT2D eigenvalue weighted by Crippen LogP contribution is 2.30. The molecule has 4 heteroatoms. The summed E-state index contributed by atoms with van der Waals surface area (Å²) in [6.07, 6.45) is 2.74. The number of nitrogens with zero attached hydrogens (tertiary/aromatic N) is 2. The van der Waals surface area contributed by atoms with Gasteiger partial charge in [0.05, 0.1) is 17.5 Å². The average molecular weight is 275 g/mol. The van der Waals surface area contributed by atoms with Crippen LogP contribution in [0.4, 0.5) is 0 Å². The topological polar surface area (TPSA) is 35.0 Å². The van der Waals surface area contributed by atoms with Crippen molar-refractivity contribution >= 4 is 11.6 Å². The molecule has 0 bridgehead atoms. The van der Waals surface area contributed by atoms with Crippen LogP contribution in [0.15, 0.2) is 24.3 Å². The molecule has 98 valence electrons. The summed E-state index contributed by atoms with van der Waals surface area (Å²) in [7, 11) is 0. The molecule has 0 unspecified atom stereocenters. The zero-order valence-electron chi connectivity index (χ0n) is 11.0. The van der Waals surface area contributed by atoms with Crippen molar-refractivity contribution in [2.24, 2.45) is 0 Å². The van der Waals surface area contributed by atoms with Gasteiger partial charge in [-0.25, -0.2) is 9.97 Å². The van der Waals surface area contributed by atoms with Crippen molar-refractivity contribution in [3.8, 4) is 17.0 Å². The van der Waals surface area contributed by atoms with Crippen molar-refractivity contribution in [2.75, 3.05) is 0 Å². The van der Waals surface area contributed by atoms with Crippen LogP contribution in [0.5, 0.6) is 5.75 Å². The minimum absolute atomic E-state index is 0.413. The molecule has 1 fully saturated rings. The third-order valence-electron chi connectivity index (χ3n) is 3.22. The molecule has 1 saturated carbocycles. The van der Waals surface area contributed by atoms with Crippen LogP contribution < -0.4 is 4.74 Å². The fourth-order valence-corrected chi connectivity index (χ4v) is 2.11. The number of ether oxygens (including phenoxy) is 1. The van der Waals surface area contributed by atoms with E-state index in [-0.39, 0.29) is 0 Å². The quantitative estimate of drug-likeness (QED) is 0.850. The highest BCUT2D eigenvalue weighted by molar-refractivity contribution is 6.31. The molecule has 1 aliphatic rings. The summed E-state index contributed by atoms with van der Waals surface area (Å²) in [6, 6.07) is 7.87. The first kappa shape index (κ1) is 12.4. The second kappa shape index (κ2) is 4.82. The lowest BCUT2D eigenvalue weighted by molar-refractivity contribution is 0.303. The van der Waals surface area contributed by atoms with Crippen LogP contribution in [0.1, 0.15) is 24.2 Å². The van der Waals surface area contributed by atoms with Gasteiger partial charge in [-0.05, 0) is 51.0 Å². The molecule has 19 heavy (non-hydrogen) atoms. The summed E-state index contributed by atoms with van der Waals surface area (Å²) in [5.41, 5.74) is 3.45. The van der Waals surface area contributed by atoms with E-state index >= 15 is 0 Å². The summed E-state index contributed by atoms with van der Waals surface area (Å²) in [6.45, 7) is 3.84. The average Bonchev–Trinajstić information content (AvgIpc) is 3.19. The Balaban J connectivity index is 1.90. The lowest BCUT2D eigenvalue weighted by atomic mass is 10.1. The van der Waals surface area contributed by atoms with Crippen LogP contribution in [0.3, 0.4) is 0 Å². The van der Waals surface area contributed by atoms with Gasteiger partial charge in [0.1, 0.15) is 11.4 Å². The predicted octanol–water partition coefficient (Wildman–Crippen LogP) is 3.96. The van der Waals surface area contributed by atoms with Crippen molar-refractivity contribution in [3.05, 3.63) is 40.8 Å².